The lowest BCUT2D eigenvalue weighted by Crippen LogP contribution is -2.11. The average Bonchev–Trinajstić information content (AvgIpc) is 2.38. The molecule has 0 aromatic carbocycles. The van der Waals surface area contributed by atoms with Gasteiger partial charge in [0.1, 0.15) is 0 Å². The second-order valence-electron chi connectivity index (χ2n) is 3.72. The fourth-order valence-electron chi connectivity index (χ4n) is 1.84. The zero-order valence-electron chi connectivity index (χ0n) is 7.08. The molecule has 11 heavy (non-hydrogen) atoms. The number of rotatable bonds is 3. The highest BCUT2D eigenvalue weighted by atomic mass is 15.1. The first kappa shape index (κ1) is 8.41. The maximum absolute atomic E-state index is 8.08. The van der Waals surface area contributed by atoms with E-state index < -0.39 is 0 Å². The van der Waals surface area contributed by atoms with E-state index in [1.165, 1.54) is 25.7 Å². The van der Waals surface area contributed by atoms with Crippen molar-refractivity contribution in [3.8, 4) is 0 Å². The van der Waals surface area contributed by atoms with Crippen LogP contribution in [0.1, 0.15) is 39.0 Å². The lowest BCUT2D eigenvalue weighted by atomic mass is 9.85. The van der Waals surface area contributed by atoms with Crippen LogP contribution in [-0.4, -0.2) is 6.54 Å². The van der Waals surface area contributed by atoms with Crippen molar-refractivity contribution < 1.29 is 0 Å². The highest BCUT2D eigenvalue weighted by molar-refractivity contribution is 4.80. The third-order valence-corrected chi connectivity index (χ3v) is 2.69. The normalized spacial score (nSPS) is 21.2. The molecule has 1 aliphatic carbocycles. The second kappa shape index (κ2) is 3.63. The summed E-state index contributed by atoms with van der Waals surface area (Å²) in [7, 11) is 0. The molecule has 0 atom stereocenters. The van der Waals surface area contributed by atoms with Crippen LogP contribution in [0.15, 0.2) is 5.11 Å². The van der Waals surface area contributed by atoms with Crippen LogP contribution in [-0.2, 0) is 0 Å². The molecule has 0 amide bonds. The SMILES string of the molecule is CC1(CCN=[N+]=[N-])CCCC1. The van der Waals surface area contributed by atoms with E-state index in [2.05, 4.69) is 16.9 Å². The van der Waals surface area contributed by atoms with Crippen molar-refractivity contribution in [2.24, 2.45) is 10.5 Å². The van der Waals surface area contributed by atoms with Gasteiger partial charge in [-0.2, -0.15) is 0 Å². The van der Waals surface area contributed by atoms with Crippen LogP contribution in [0.3, 0.4) is 0 Å². The van der Waals surface area contributed by atoms with Crippen LogP contribution in [0.5, 0.6) is 0 Å². The Morgan fingerprint density at radius 1 is 1.45 bits per heavy atom. The number of hydrogen-bond acceptors (Lipinski definition) is 1. The lowest BCUT2D eigenvalue weighted by Gasteiger charge is -2.21. The van der Waals surface area contributed by atoms with Crippen LogP contribution in [0.4, 0.5) is 0 Å². The first-order valence-electron chi connectivity index (χ1n) is 4.28. The molecule has 0 bridgehead atoms. The predicted molar refractivity (Wildman–Crippen MR) is 45.2 cm³/mol. The van der Waals surface area contributed by atoms with Gasteiger partial charge < -0.3 is 0 Å². The van der Waals surface area contributed by atoms with Gasteiger partial charge in [-0.3, -0.25) is 0 Å². The molecular formula is C8H15N3. The predicted octanol–water partition coefficient (Wildman–Crippen LogP) is 3.27. The van der Waals surface area contributed by atoms with Gasteiger partial charge in [0.25, 0.3) is 0 Å². The molecule has 1 aliphatic rings. The molecule has 0 aliphatic heterocycles. The first-order chi connectivity index (χ1) is 5.27. The van der Waals surface area contributed by atoms with E-state index in [9.17, 15) is 0 Å². The Bertz CT molecular complexity index is 164. The molecule has 0 N–H and O–H groups in total. The van der Waals surface area contributed by atoms with Crippen molar-refractivity contribution in [1.29, 1.82) is 0 Å². The monoisotopic (exact) mass is 153 g/mol. The standard InChI is InChI=1S/C8H15N3/c1-8(4-2-3-5-8)6-7-10-11-9/h2-7H2,1H3. The summed E-state index contributed by atoms with van der Waals surface area (Å²) in [5.74, 6) is 0. The van der Waals surface area contributed by atoms with Crippen LogP contribution >= 0.6 is 0 Å². The summed E-state index contributed by atoms with van der Waals surface area (Å²) in [4.78, 5) is 2.75. The second-order valence-corrected chi connectivity index (χ2v) is 3.72. The maximum Gasteiger partial charge on any atom is 0.0263 e. The highest BCUT2D eigenvalue weighted by Gasteiger charge is 2.27. The zero-order chi connectivity index (χ0) is 8.16. The van der Waals surface area contributed by atoms with E-state index in [4.69, 9.17) is 5.53 Å². The molecule has 3 nitrogen and oxygen atoms in total. The molecule has 3 heteroatoms. The molecule has 1 rings (SSSR count). The summed E-state index contributed by atoms with van der Waals surface area (Å²) < 4.78 is 0. The Morgan fingerprint density at radius 2 is 2.09 bits per heavy atom. The zero-order valence-corrected chi connectivity index (χ0v) is 7.08. The molecule has 0 aromatic heterocycles. The maximum atomic E-state index is 8.08. The Hall–Kier alpha value is -0.690. The minimum atomic E-state index is 0.480. The van der Waals surface area contributed by atoms with Crippen LogP contribution < -0.4 is 0 Å². The number of azide groups is 1. The molecule has 1 fully saturated rings. The van der Waals surface area contributed by atoms with Crippen molar-refractivity contribution in [2.45, 2.75) is 39.0 Å². The van der Waals surface area contributed by atoms with Gasteiger partial charge in [-0.05, 0) is 30.2 Å². The van der Waals surface area contributed by atoms with E-state index in [1.54, 1.807) is 0 Å². The van der Waals surface area contributed by atoms with Gasteiger partial charge in [0, 0.05) is 11.5 Å². The minimum Gasteiger partial charge on any atom is -0.0940 e. The topological polar surface area (TPSA) is 48.8 Å². The molecule has 0 spiro atoms. The number of hydrogen-bond donors (Lipinski definition) is 0. The molecule has 0 saturated heterocycles. The summed E-state index contributed by atoms with van der Waals surface area (Å²) in [5, 5.41) is 3.56. The van der Waals surface area contributed by atoms with E-state index in [1.807, 2.05) is 0 Å². The van der Waals surface area contributed by atoms with Crippen molar-refractivity contribution in [3.05, 3.63) is 10.4 Å². The number of nitrogens with zero attached hydrogens (tertiary/aromatic N) is 3. The summed E-state index contributed by atoms with van der Waals surface area (Å²) in [5.41, 5.74) is 8.56. The van der Waals surface area contributed by atoms with Gasteiger partial charge in [-0.1, -0.05) is 24.9 Å². The lowest BCUT2D eigenvalue weighted by molar-refractivity contribution is 0.314. The quantitative estimate of drug-likeness (QED) is 0.339. The third kappa shape index (κ3) is 2.43. The smallest absolute Gasteiger partial charge is 0.0263 e. The highest BCUT2D eigenvalue weighted by Crippen LogP contribution is 2.40. The largest absolute Gasteiger partial charge is 0.0940 e. The van der Waals surface area contributed by atoms with Gasteiger partial charge in [-0.15, -0.1) is 0 Å². The van der Waals surface area contributed by atoms with Crippen LogP contribution in [0.25, 0.3) is 10.4 Å². The van der Waals surface area contributed by atoms with Crippen LogP contribution in [0, 0.1) is 5.41 Å². The molecule has 0 radical (unpaired) electrons. The minimum absolute atomic E-state index is 0.480. The van der Waals surface area contributed by atoms with E-state index >= 15 is 0 Å². The van der Waals surface area contributed by atoms with Crippen molar-refractivity contribution in [3.63, 3.8) is 0 Å². The Kier molecular flexibility index (Phi) is 2.77. The molecule has 0 heterocycles. The van der Waals surface area contributed by atoms with Crippen molar-refractivity contribution >= 4 is 0 Å². The molecule has 62 valence electrons. The van der Waals surface area contributed by atoms with E-state index in [-0.39, 0.29) is 0 Å². The van der Waals surface area contributed by atoms with Gasteiger partial charge in [0.05, 0.1) is 0 Å². The van der Waals surface area contributed by atoms with Gasteiger partial charge in [0.15, 0.2) is 0 Å². The fraction of sp³-hybridized carbons (Fsp3) is 1.00. The Labute approximate surface area is 67.4 Å². The van der Waals surface area contributed by atoms with Crippen molar-refractivity contribution in [1.82, 2.24) is 0 Å². The van der Waals surface area contributed by atoms with E-state index in [0.717, 1.165) is 6.42 Å². The molecule has 0 unspecified atom stereocenters. The summed E-state index contributed by atoms with van der Waals surface area (Å²) in [6, 6.07) is 0. The van der Waals surface area contributed by atoms with Crippen molar-refractivity contribution in [2.75, 3.05) is 6.54 Å². The van der Waals surface area contributed by atoms with Crippen LogP contribution in [0.2, 0.25) is 0 Å². The summed E-state index contributed by atoms with van der Waals surface area (Å²) >= 11 is 0. The first-order valence-corrected chi connectivity index (χ1v) is 4.28. The van der Waals surface area contributed by atoms with E-state index in [0.29, 0.717) is 12.0 Å². The summed E-state index contributed by atoms with van der Waals surface area (Å²) in [6.07, 6.45) is 6.40. The fourth-order valence-corrected chi connectivity index (χ4v) is 1.84. The Morgan fingerprint density at radius 3 is 2.64 bits per heavy atom. The van der Waals surface area contributed by atoms with Gasteiger partial charge in [-0.25, -0.2) is 0 Å². The van der Waals surface area contributed by atoms with Gasteiger partial charge in [0.2, 0.25) is 0 Å². The molecular weight excluding hydrogens is 138 g/mol. The summed E-state index contributed by atoms with van der Waals surface area (Å²) in [6.45, 7) is 2.97. The average molecular weight is 153 g/mol. The Balaban J connectivity index is 2.28. The van der Waals surface area contributed by atoms with Gasteiger partial charge >= 0.3 is 0 Å². The molecule has 1 saturated carbocycles. The third-order valence-electron chi connectivity index (χ3n) is 2.69. The molecule has 0 aromatic rings.